The van der Waals surface area contributed by atoms with E-state index in [2.05, 4.69) is 15.3 Å². The number of hydrogen-bond donors (Lipinski definition) is 1. The summed E-state index contributed by atoms with van der Waals surface area (Å²) in [4.78, 5) is 19.4. The third-order valence-electron chi connectivity index (χ3n) is 2.13. The molecule has 0 aliphatic heterocycles. The average Bonchev–Trinajstić information content (AvgIpc) is 2.39. The van der Waals surface area contributed by atoms with Crippen LogP contribution in [0.1, 0.15) is 15.9 Å². The second kappa shape index (κ2) is 5.25. The molecule has 0 unspecified atom stereocenters. The standard InChI is InChI=1S/C12H7ClN4O/c13-10-5-11(16-7-15-10)17-12(18)9-3-1-2-8(4-9)6-14/h1-5,7H,(H,15,16,17,18). The van der Waals surface area contributed by atoms with Crippen LogP contribution in [0.15, 0.2) is 36.7 Å². The van der Waals surface area contributed by atoms with Gasteiger partial charge in [0.05, 0.1) is 11.6 Å². The molecule has 18 heavy (non-hydrogen) atoms. The van der Waals surface area contributed by atoms with E-state index in [0.717, 1.165) is 0 Å². The maximum atomic E-state index is 11.9. The van der Waals surface area contributed by atoms with Gasteiger partial charge in [0.25, 0.3) is 5.91 Å². The summed E-state index contributed by atoms with van der Waals surface area (Å²) in [5, 5.41) is 11.6. The van der Waals surface area contributed by atoms with Gasteiger partial charge in [-0.25, -0.2) is 9.97 Å². The lowest BCUT2D eigenvalue weighted by atomic mass is 10.1. The number of amides is 1. The van der Waals surface area contributed by atoms with Crippen molar-refractivity contribution in [1.82, 2.24) is 9.97 Å². The molecule has 0 aliphatic carbocycles. The van der Waals surface area contributed by atoms with Gasteiger partial charge in [0.1, 0.15) is 17.3 Å². The number of aromatic nitrogens is 2. The largest absolute Gasteiger partial charge is 0.306 e. The van der Waals surface area contributed by atoms with Crippen LogP contribution in [0.5, 0.6) is 0 Å². The van der Waals surface area contributed by atoms with Crippen molar-refractivity contribution in [2.24, 2.45) is 0 Å². The molecule has 0 bridgehead atoms. The molecule has 1 amide bonds. The van der Waals surface area contributed by atoms with E-state index in [4.69, 9.17) is 16.9 Å². The van der Waals surface area contributed by atoms with Crippen LogP contribution in [0.3, 0.4) is 0 Å². The van der Waals surface area contributed by atoms with Gasteiger partial charge in [-0.15, -0.1) is 0 Å². The molecule has 0 spiro atoms. The second-order valence-electron chi connectivity index (χ2n) is 3.37. The van der Waals surface area contributed by atoms with Crippen molar-refractivity contribution in [3.05, 3.63) is 52.9 Å². The Hall–Kier alpha value is -2.45. The lowest BCUT2D eigenvalue weighted by Crippen LogP contribution is -2.13. The van der Waals surface area contributed by atoms with Gasteiger partial charge in [-0.05, 0) is 18.2 Å². The number of nitriles is 1. The van der Waals surface area contributed by atoms with Crippen molar-refractivity contribution in [3.8, 4) is 6.07 Å². The van der Waals surface area contributed by atoms with Crippen molar-refractivity contribution in [2.75, 3.05) is 5.32 Å². The summed E-state index contributed by atoms with van der Waals surface area (Å²) < 4.78 is 0. The minimum atomic E-state index is -0.359. The minimum Gasteiger partial charge on any atom is -0.306 e. The quantitative estimate of drug-likeness (QED) is 0.838. The van der Waals surface area contributed by atoms with E-state index in [-0.39, 0.29) is 11.1 Å². The normalized spacial score (nSPS) is 9.56. The molecule has 0 atom stereocenters. The third-order valence-corrected chi connectivity index (χ3v) is 2.34. The number of rotatable bonds is 2. The zero-order chi connectivity index (χ0) is 13.0. The molecule has 0 fully saturated rings. The molecule has 0 radical (unpaired) electrons. The fraction of sp³-hybridized carbons (Fsp3) is 0. The van der Waals surface area contributed by atoms with Gasteiger partial charge < -0.3 is 5.32 Å². The molecule has 2 rings (SSSR count). The Morgan fingerprint density at radius 3 is 2.89 bits per heavy atom. The number of carbonyl (C=O) groups is 1. The first-order valence-corrected chi connectivity index (χ1v) is 5.36. The molecule has 5 nitrogen and oxygen atoms in total. The van der Waals surface area contributed by atoms with E-state index in [0.29, 0.717) is 16.9 Å². The van der Waals surface area contributed by atoms with Gasteiger partial charge in [-0.3, -0.25) is 4.79 Å². The highest BCUT2D eigenvalue weighted by molar-refractivity contribution is 6.29. The van der Waals surface area contributed by atoms with E-state index in [1.807, 2.05) is 6.07 Å². The van der Waals surface area contributed by atoms with Gasteiger partial charge in [0.2, 0.25) is 0 Å². The maximum Gasteiger partial charge on any atom is 0.256 e. The zero-order valence-electron chi connectivity index (χ0n) is 9.09. The molecule has 1 heterocycles. The Morgan fingerprint density at radius 1 is 1.33 bits per heavy atom. The average molecular weight is 259 g/mol. The Kier molecular flexibility index (Phi) is 3.51. The van der Waals surface area contributed by atoms with Crippen LogP contribution in [0.25, 0.3) is 0 Å². The topological polar surface area (TPSA) is 78.7 Å². The summed E-state index contributed by atoms with van der Waals surface area (Å²) in [5.74, 6) is -0.0516. The number of nitrogens with zero attached hydrogens (tertiary/aromatic N) is 3. The molecule has 1 aromatic heterocycles. The smallest absolute Gasteiger partial charge is 0.256 e. The summed E-state index contributed by atoms with van der Waals surface area (Å²) in [5.41, 5.74) is 0.798. The van der Waals surface area contributed by atoms with Crippen LogP contribution in [0.4, 0.5) is 5.82 Å². The lowest BCUT2D eigenvalue weighted by Gasteiger charge is -2.04. The number of halogens is 1. The van der Waals surface area contributed by atoms with Crippen molar-refractivity contribution in [3.63, 3.8) is 0 Å². The molecule has 2 aromatic rings. The Bertz CT molecular complexity index is 636. The first-order chi connectivity index (χ1) is 8.69. The SMILES string of the molecule is N#Cc1cccc(C(=O)Nc2cc(Cl)ncn2)c1. The van der Waals surface area contributed by atoms with E-state index < -0.39 is 0 Å². The Labute approximate surface area is 108 Å². The van der Waals surface area contributed by atoms with Gasteiger partial charge >= 0.3 is 0 Å². The van der Waals surface area contributed by atoms with Crippen molar-refractivity contribution >= 4 is 23.3 Å². The van der Waals surface area contributed by atoms with Gasteiger partial charge in [0.15, 0.2) is 0 Å². The van der Waals surface area contributed by atoms with Crippen molar-refractivity contribution < 1.29 is 4.79 Å². The van der Waals surface area contributed by atoms with E-state index in [1.54, 1.807) is 18.2 Å². The van der Waals surface area contributed by atoms with Crippen LogP contribution >= 0.6 is 11.6 Å². The van der Waals surface area contributed by atoms with Crippen LogP contribution in [-0.2, 0) is 0 Å². The van der Waals surface area contributed by atoms with Crippen LogP contribution in [0.2, 0.25) is 5.15 Å². The molecule has 0 aliphatic rings. The molecule has 0 saturated heterocycles. The molecule has 1 aromatic carbocycles. The fourth-order valence-electron chi connectivity index (χ4n) is 1.32. The summed E-state index contributed by atoms with van der Waals surface area (Å²) >= 11 is 5.68. The third kappa shape index (κ3) is 2.81. The van der Waals surface area contributed by atoms with E-state index in [9.17, 15) is 4.79 Å². The highest BCUT2D eigenvalue weighted by Gasteiger charge is 2.07. The van der Waals surface area contributed by atoms with Crippen LogP contribution in [-0.4, -0.2) is 15.9 Å². The number of hydrogen-bond acceptors (Lipinski definition) is 4. The highest BCUT2D eigenvalue weighted by atomic mass is 35.5. The number of nitrogens with one attached hydrogen (secondary N) is 1. The van der Waals surface area contributed by atoms with Gasteiger partial charge in [-0.2, -0.15) is 5.26 Å². The monoisotopic (exact) mass is 258 g/mol. The van der Waals surface area contributed by atoms with E-state index in [1.165, 1.54) is 18.5 Å². The predicted octanol–water partition coefficient (Wildman–Crippen LogP) is 2.25. The molecule has 88 valence electrons. The summed E-state index contributed by atoms with van der Waals surface area (Å²) in [7, 11) is 0. The molecule has 0 saturated carbocycles. The van der Waals surface area contributed by atoms with Crippen LogP contribution < -0.4 is 5.32 Å². The molecule has 1 N–H and O–H groups in total. The Balaban J connectivity index is 2.20. The lowest BCUT2D eigenvalue weighted by molar-refractivity contribution is 0.102. The van der Waals surface area contributed by atoms with Gasteiger partial charge in [0, 0.05) is 11.6 Å². The first-order valence-electron chi connectivity index (χ1n) is 4.98. The highest BCUT2D eigenvalue weighted by Crippen LogP contribution is 2.11. The first kappa shape index (κ1) is 12.0. The molecular formula is C12H7ClN4O. The number of benzene rings is 1. The van der Waals surface area contributed by atoms with Gasteiger partial charge in [-0.1, -0.05) is 17.7 Å². The summed E-state index contributed by atoms with van der Waals surface area (Å²) in [6.45, 7) is 0. The van der Waals surface area contributed by atoms with Crippen molar-refractivity contribution in [1.29, 1.82) is 5.26 Å². The molecular weight excluding hydrogens is 252 g/mol. The predicted molar refractivity (Wildman–Crippen MR) is 66.2 cm³/mol. The minimum absolute atomic E-state index is 0.242. The number of anilines is 1. The van der Waals surface area contributed by atoms with E-state index >= 15 is 0 Å². The maximum absolute atomic E-state index is 11.9. The Morgan fingerprint density at radius 2 is 2.17 bits per heavy atom. The fourth-order valence-corrected chi connectivity index (χ4v) is 1.47. The van der Waals surface area contributed by atoms with Crippen molar-refractivity contribution in [2.45, 2.75) is 0 Å². The number of carbonyl (C=O) groups excluding carboxylic acids is 1. The summed E-state index contributed by atoms with van der Waals surface area (Å²) in [6.07, 6.45) is 1.25. The molecule has 6 heteroatoms. The second-order valence-corrected chi connectivity index (χ2v) is 3.76. The summed E-state index contributed by atoms with van der Waals surface area (Å²) in [6, 6.07) is 9.78. The zero-order valence-corrected chi connectivity index (χ0v) is 9.85. The van der Waals surface area contributed by atoms with Crippen LogP contribution in [0, 0.1) is 11.3 Å².